The Morgan fingerprint density at radius 2 is 2.23 bits per heavy atom. The zero-order valence-corrected chi connectivity index (χ0v) is 13.3. The first kappa shape index (κ1) is 16.1. The molecule has 1 heterocycles. The van der Waals surface area contributed by atoms with Crippen LogP contribution >= 0.6 is 15.9 Å². The average Bonchev–Trinajstić information content (AvgIpc) is 2.52. The van der Waals surface area contributed by atoms with E-state index in [1.54, 1.807) is 24.5 Å². The van der Waals surface area contributed by atoms with Gasteiger partial charge in [-0.2, -0.15) is 5.26 Å². The van der Waals surface area contributed by atoms with Crippen molar-refractivity contribution in [2.75, 3.05) is 6.54 Å². The Morgan fingerprint density at radius 1 is 1.41 bits per heavy atom. The van der Waals surface area contributed by atoms with Crippen molar-refractivity contribution < 1.29 is 9.18 Å². The molecule has 0 spiro atoms. The van der Waals surface area contributed by atoms with Crippen molar-refractivity contribution in [3.05, 3.63) is 64.1 Å². The molecule has 1 aromatic carbocycles. The smallest absolute Gasteiger partial charge is 0.257 e. The number of aromatic nitrogens is 1. The van der Waals surface area contributed by atoms with Crippen molar-refractivity contribution in [1.29, 1.82) is 5.26 Å². The van der Waals surface area contributed by atoms with Crippen LogP contribution in [0.2, 0.25) is 0 Å². The standard InChI is InChI=1S/C16H13BrFN3O/c17-13-4-5-14(15(18)9-13)16(22)21(8-2-6-19)11-12-3-1-7-20-10-12/h1,3-5,7,9-10H,2,8,11H2. The molecule has 2 rings (SSSR count). The van der Waals surface area contributed by atoms with Crippen LogP contribution in [0.5, 0.6) is 0 Å². The highest BCUT2D eigenvalue weighted by atomic mass is 79.9. The van der Waals surface area contributed by atoms with E-state index in [4.69, 9.17) is 5.26 Å². The molecular weight excluding hydrogens is 349 g/mol. The molecule has 0 saturated carbocycles. The summed E-state index contributed by atoms with van der Waals surface area (Å²) in [5.41, 5.74) is 0.816. The minimum Gasteiger partial charge on any atom is -0.333 e. The number of halogens is 2. The summed E-state index contributed by atoms with van der Waals surface area (Å²) in [6.45, 7) is 0.517. The monoisotopic (exact) mass is 361 g/mol. The molecule has 0 fully saturated rings. The lowest BCUT2D eigenvalue weighted by Gasteiger charge is -2.22. The van der Waals surface area contributed by atoms with Crippen LogP contribution in [0, 0.1) is 17.1 Å². The zero-order chi connectivity index (χ0) is 15.9. The second-order valence-corrected chi connectivity index (χ2v) is 5.54. The Morgan fingerprint density at radius 3 is 2.86 bits per heavy atom. The van der Waals surface area contributed by atoms with Gasteiger partial charge in [0.1, 0.15) is 5.82 Å². The predicted molar refractivity (Wildman–Crippen MR) is 83.3 cm³/mol. The molecule has 1 amide bonds. The third kappa shape index (κ3) is 4.12. The van der Waals surface area contributed by atoms with E-state index < -0.39 is 11.7 Å². The first-order valence-corrected chi connectivity index (χ1v) is 7.41. The van der Waals surface area contributed by atoms with Crippen LogP contribution in [-0.4, -0.2) is 22.3 Å². The van der Waals surface area contributed by atoms with Gasteiger partial charge in [-0.25, -0.2) is 4.39 Å². The predicted octanol–water partition coefficient (Wildman–Crippen LogP) is 3.54. The third-order valence-electron chi connectivity index (χ3n) is 3.04. The van der Waals surface area contributed by atoms with E-state index in [-0.39, 0.29) is 25.1 Å². The second kappa shape index (κ2) is 7.66. The fourth-order valence-corrected chi connectivity index (χ4v) is 2.32. The van der Waals surface area contributed by atoms with E-state index in [2.05, 4.69) is 20.9 Å². The fraction of sp³-hybridized carbons (Fsp3) is 0.188. The van der Waals surface area contributed by atoms with E-state index in [9.17, 15) is 9.18 Å². The Labute approximate surface area is 136 Å². The number of rotatable bonds is 5. The normalized spacial score (nSPS) is 10.0. The minimum atomic E-state index is -0.590. The molecule has 1 aromatic heterocycles. The Hall–Kier alpha value is -2.26. The van der Waals surface area contributed by atoms with Crippen molar-refractivity contribution in [3.8, 4) is 6.07 Å². The molecule has 0 atom stereocenters. The summed E-state index contributed by atoms with van der Waals surface area (Å²) < 4.78 is 14.5. The minimum absolute atomic E-state index is 0.00923. The van der Waals surface area contributed by atoms with Crippen LogP contribution in [0.25, 0.3) is 0 Å². The molecule has 0 bridgehead atoms. The molecule has 22 heavy (non-hydrogen) atoms. The summed E-state index contributed by atoms with van der Waals surface area (Å²) in [6, 6.07) is 9.90. The third-order valence-corrected chi connectivity index (χ3v) is 3.53. The molecule has 0 unspecified atom stereocenters. The van der Waals surface area contributed by atoms with Gasteiger partial charge in [-0.1, -0.05) is 22.0 Å². The number of pyridine rings is 1. The maximum Gasteiger partial charge on any atom is 0.257 e. The maximum absolute atomic E-state index is 14.0. The van der Waals surface area contributed by atoms with Gasteiger partial charge in [0, 0.05) is 30.0 Å². The number of hydrogen-bond acceptors (Lipinski definition) is 3. The Kier molecular flexibility index (Phi) is 5.61. The van der Waals surface area contributed by atoms with E-state index in [1.807, 2.05) is 12.1 Å². The van der Waals surface area contributed by atoms with E-state index in [0.717, 1.165) is 5.56 Å². The molecule has 0 saturated heterocycles. The van der Waals surface area contributed by atoms with Crippen molar-refractivity contribution in [2.24, 2.45) is 0 Å². The van der Waals surface area contributed by atoms with Gasteiger partial charge in [0.05, 0.1) is 18.1 Å². The Bertz CT molecular complexity index is 700. The molecule has 112 valence electrons. The topological polar surface area (TPSA) is 57.0 Å². The van der Waals surface area contributed by atoms with E-state index >= 15 is 0 Å². The molecule has 0 aliphatic carbocycles. The number of amides is 1. The number of benzene rings is 1. The second-order valence-electron chi connectivity index (χ2n) is 4.62. The van der Waals surface area contributed by atoms with Crippen LogP contribution in [0.3, 0.4) is 0 Å². The van der Waals surface area contributed by atoms with Gasteiger partial charge in [-0.15, -0.1) is 0 Å². The maximum atomic E-state index is 14.0. The van der Waals surface area contributed by atoms with Gasteiger partial charge in [-0.05, 0) is 29.8 Å². The summed E-state index contributed by atoms with van der Waals surface area (Å²) >= 11 is 3.16. The van der Waals surface area contributed by atoms with Gasteiger partial charge in [-0.3, -0.25) is 9.78 Å². The van der Waals surface area contributed by atoms with E-state index in [1.165, 1.54) is 17.0 Å². The van der Waals surface area contributed by atoms with Crippen LogP contribution in [0.4, 0.5) is 4.39 Å². The lowest BCUT2D eigenvalue weighted by atomic mass is 10.1. The van der Waals surface area contributed by atoms with Crippen molar-refractivity contribution >= 4 is 21.8 Å². The molecule has 6 heteroatoms. The highest BCUT2D eigenvalue weighted by Gasteiger charge is 2.19. The summed E-state index contributed by atoms with van der Waals surface area (Å²) in [5.74, 6) is -1.03. The lowest BCUT2D eigenvalue weighted by molar-refractivity contribution is 0.0742. The van der Waals surface area contributed by atoms with Crippen molar-refractivity contribution in [1.82, 2.24) is 9.88 Å². The average molecular weight is 362 g/mol. The van der Waals surface area contributed by atoms with Gasteiger partial charge >= 0.3 is 0 Å². The van der Waals surface area contributed by atoms with Crippen molar-refractivity contribution in [2.45, 2.75) is 13.0 Å². The molecule has 0 aliphatic heterocycles. The highest BCUT2D eigenvalue weighted by molar-refractivity contribution is 9.10. The number of carbonyl (C=O) groups is 1. The van der Waals surface area contributed by atoms with Crippen LogP contribution in [0.15, 0.2) is 47.2 Å². The fourth-order valence-electron chi connectivity index (χ4n) is 1.98. The van der Waals surface area contributed by atoms with Crippen LogP contribution in [-0.2, 0) is 6.54 Å². The van der Waals surface area contributed by atoms with Gasteiger partial charge < -0.3 is 4.90 Å². The summed E-state index contributed by atoms with van der Waals surface area (Å²) in [5, 5.41) is 8.74. The van der Waals surface area contributed by atoms with E-state index in [0.29, 0.717) is 4.47 Å². The van der Waals surface area contributed by atoms with Gasteiger partial charge in [0.15, 0.2) is 0 Å². The van der Waals surface area contributed by atoms with Gasteiger partial charge in [0.2, 0.25) is 0 Å². The molecule has 4 nitrogen and oxygen atoms in total. The quantitative estimate of drug-likeness (QED) is 0.818. The highest BCUT2D eigenvalue weighted by Crippen LogP contribution is 2.18. The number of nitrogens with zero attached hydrogens (tertiary/aromatic N) is 3. The summed E-state index contributed by atoms with van der Waals surface area (Å²) in [7, 11) is 0. The lowest BCUT2D eigenvalue weighted by Crippen LogP contribution is -2.32. The first-order chi connectivity index (χ1) is 10.6. The zero-order valence-electron chi connectivity index (χ0n) is 11.7. The number of nitriles is 1. The van der Waals surface area contributed by atoms with Crippen LogP contribution < -0.4 is 0 Å². The van der Waals surface area contributed by atoms with Crippen molar-refractivity contribution in [3.63, 3.8) is 0 Å². The number of hydrogen-bond donors (Lipinski definition) is 0. The summed E-state index contributed by atoms with van der Waals surface area (Å²) in [6.07, 6.45) is 3.47. The number of carbonyl (C=O) groups excluding carboxylic acids is 1. The van der Waals surface area contributed by atoms with Crippen LogP contribution in [0.1, 0.15) is 22.3 Å². The summed E-state index contributed by atoms with van der Waals surface area (Å²) in [4.78, 5) is 18.0. The molecule has 2 aromatic rings. The first-order valence-electron chi connectivity index (χ1n) is 6.62. The Balaban J connectivity index is 2.24. The molecular formula is C16H13BrFN3O. The largest absolute Gasteiger partial charge is 0.333 e. The molecule has 0 N–H and O–H groups in total. The van der Waals surface area contributed by atoms with Gasteiger partial charge in [0.25, 0.3) is 5.91 Å². The molecule has 0 radical (unpaired) electrons. The molecule has 0 aliphatic rings. The SMILES string of the molecule is N#CCCN(Cc1cccnc1)C(=O)c1ccc(Br)cc1F.